The molecule has 3 heteroatoms. The van der Waals surface area contributed by atoms with Crippen molar-refractivity contribution in [3.8, 4) is 0 Å². The lowest BCUT2D eigenvalue weighted by Gasteiger charge is -2.09. The molecule has 0 spiro atoms. The minimum absolute atomic E-state index is 0.166. The zero-order valence-corrected chi connectivity index (χ0v) is 12.4. The van der Waals surface area contributed by atoms with E-state index in [1.807, 2.05) is 12.1 Å². The van der Waals surface area contributed by atoms with E-state index < -0.39 is 0 Å². The van der Waals surface area contributed by atoms with Gasteiger partial charge in [0.05, 0.1) is 5.02 Å². The molecule has 0 saturated heterocycles. The van der Waals surface area contributed by atoms with Gasteiger partial charge in [-0.25, -0.2) is 4.39 Å². The van der Waals surface area contributed by atoms with Gasteiger partial charge in [-0.05, 0) is 36.6 Å². The van der Waals surface area contributed by atoms with E-state index in [4.69, 9.17) is 11.6 Å². The van der Waals surface area contributed by atoms with Crippen molar-refractivity contribution >= 4 is 17.3 Å². The van der Waals surface area contributed by atoms with E-state index in [1.165, 1.54) is 18.4 Å². The van der Waals surface area contributed by atoms with Crippen molar-refractivity contribution in [3.63, 3.8) is 0 Å². The van der Waals surface area contributed by atoms with Gasteiger partial charge in [0.15, 0.2) is 0 Å². The van der Waals surface area contributed by atoms with Gasteiger partial charge in [0, 0.05) is 17.8 Å². The number of nitrogens with one attached hydrogen (secondary N) is 1. The number of unbranched alkanes of at least 4 members (excludes halogenated alkanes) is 1. The average Bonchev–Trinajstić information content (AvgIpc) is 2.48. The lowest BCUT2D eigenvalue weighted by molar-refractivity contribution is 0.613. The Morgan fingerprint density at radius 1 is 1.10 bits per heavy atom. The minimum Gasteiger partial charge on any atom is -0.381 e. The summed E-state index contributed by atoms with van der Waals surface area (Å²) in [7, 11) is 0. The summed E-state index contributed by atoms with van der Waals surface area (Å²) >= 11 is 5.76. The molecule has 0 aliphatic carbocycles. The zero-order valence-electron chi connectivity index (χ0n) is 11.6. The van der Waals surface area contributed by atoms with E-state index in [1.54, 1.807) is 18.2 Å². The van der Waals surface area contributed by atoms with Crippen LogP contribution in [0.4, 0.5) is 10.1 Å². The Kier molecular flexibility index (Phi) is 5.42. The van der Waals surface area contributed by atoms with Gasteiger partial charge in [0.25, 0.3) is 0 Å². The topological polar surface area (TPSA) is 12.0 Å². The Balaban J connectivity index is 1.95. The molecule has 0 aliphatic heterocycles. The molecule has 0 bridgehead atoms. The first-order valence-corrected chi connectivity index (χ1v) is 7.34. The Morgan fingerprint density at radius 3 is 2.55 bits per heavy atom. The van der Waals surface area contributed by atoms with Gasteiger partial charge in [-0.2, -0.15) is 0 Å². The fourth-order valence-corrected chi connectivity index (χ4v) is 2.25. The molecule has 0 heterocycles. The number of benzene rings is 2. The van der Waals surface area contributed by atoms with Crippen LogP contribution in [0.15, 0.2) is 42.5 Å². The van der Waals surface area contributed by atoms with Crippen molar-refractivity contribution in [1.82, 2.24) is 0 Å². The van der Waals surface area contributed by atoms with Crippen LogP contribution in [0, 0.1) is 5.82 Å². The van der Waals surface area contributed by atoms with Gasteiger partial charge in [-0.1, -0.05) is 49.2 Å². The maximum absolute atomic E-state index is 13.7. The molecular weight excluding hydrogens is 273 g/mol. The Hall–Kier alpha value is -1.54. The van der Waals surface area contributed by atoms with E-state index in [2.05, 4.69) is 24.4 Å². The van der Waals surface area contributed by atoms with Crippen LogP contribution >= 0.6 is 11.6 Å². The summed E-state index contributed by atoms with van der Waals surface area (Å²) < 4.78 is 13.7. The summed E-state index contributed by atoms with van der Waals surface area (Å²) in [5, 5.41) is 3.38. The van der Waals surface area contributed by atoms with Crippen LogP contribution in [0.25, 0.3) is 0 Å². The molecule has 2 aromatic carbocycles. The predicted molar refractivity (Wildman–Crippen MR) is 83.8 cm³/mol. The molecule has 106 valence electrons. The van der Waals surface area contributed by atoms with Crippen LogP contribution in [0.3, 0.4) is 0 Å². The summed E-state index contributed by atoms with van der Waals surface area (Å²) in [5.41, 5.74) is 2.91. The van der Waals surface area contributed by atoms with E-state index in [0.29, 0.717) is 12.1 Å². The second-order valence-corrected chi connectivity index (χ2v) is 5.27. The predicted octanol–water partition coefficient (Wildman–Crippen LogP) is 5.43. The number of rotatable bonds is 6. The highest BCUT2D eigenvalue weighted by atomic mass is 35.5. The van der Waals surface area contributed by atoms with Crippen LogP contribution in [0.2, 0.25) is 5.02 Å². The summed E-state index contributed by atoms with van der Waals surface area (Å²) in [6.45, 7) is 2.62. The van der Waals surface area contributed by atoms with E-state index in [9.17, 15) is 4.39 Å². The third-order valence-electron chi connectivity index (χ3n) is 3.29. The molecular formula is C17H19ClFN. The summed E-state index contributed by atoms with van der Waals surface area (Å²) in [5.74, 6) is -0.346. The van der Waals surface area contributed by atoms with Gasteiger partial charge in [0.2, 0.25) is 0 Å². The maximum atomic E-state index is 13.7. The van der Waals surface area contributed by atoms with Crippen LogP contribution in [-0.4, -0.2) is 0 Å². The quantitative estimate of drug-likeness (QED) is 0.748. The Morgan fingerprint density at radius 2 is 1.85 bits per heavy atom. The first-order valence-electron chi connectivity index (χ1n) is 6.96. The minimum atomic E-state index is -0.346. The largest absolute Gasteiger partial charge is 0.381 e. The van der Waals surface area contributed by atoms with Crippen LogP contribution in [0.1, 0.15) is 30.9 Å². The first-order chi connectivity index (χ1) is 9.70. The second-order valence-electron chi connectivity index (χ2n) is 4.87. The monoisotopic (exact) mass is 291 g/mol. The van der Waals surface area contributed by atoms with Crippen LogP contribution in [-0.2, 0) is 13.0 Å². The molecule has 2 aromatic rings. The molecule has 0 fully saturated rings. The fourth-order valence-electron chi connectivity index (χ4n) is 2.05. The molecule has 0 amide bonds. The molecule has 0 unspecified atom stereocenters. The Labute approximate surface area is 124 Å². The third kappa shape index (κ3) is 3.97. The SMILES string of the molecule is CCCCc1ccc(NCc2cccc(Cl)c2F)cc1. The van der Waals surface area contributed by atoms with Gasteiger partial charge in [-0.15, -0.1) is 0 Å². The molecule has 0 radical (unpaired) electrons. The zero-order chi connectivity index (χ0) is 14.4. The second kappa shape index (κ2) is 7.30. The molecule has 2 rings (SSSR count). The fraction of sp³-hybridized carbons (Fsp3) is 0.294. The van der Waals surface area contributed by atoms with Gasteiger partial charge < -0.3 is 5.32 Å². The van der Waals surface area contributed by atoms with Gasteiger partial charge in [-0.3, -0.25) is 0 Å². The molecule has 1 nitrogen and oxygen atoms in total. The van der Waals surface area contributed by atoms with Gasteiger partial charge in [0.1, 0.15) is 5.82 Å². The van der Waals surface area contributed by atoms with E-state index >= 15 is 0 Å². The highest BCUT2D eigenvalue weighted by Gasteiger charge is 2.05. The number of hydrogen-bond acceptors (Lipinski definition) is 1. The molecule has 0 aliphatic rings. The number of halogens is 2. The lowest BCUT2D eigenvalue weighted by atomic mass is 10.1. The van der Waals surface area contributed by atoms with Crippen molar-refractivity contribution in [3.05, 3.63) is 64.4 Å². The smallest absolute Gasteiger partial charge is 0.146 e. The number of hydrogen-bond donors (Lipinski definition) is 1. The van der Waals surface area contributed by atoms with Crippen molar-refractivity contribution in [2.24, 2.45) is 0 Å². The Bertz CT molecular complexity index is 551. The summed E-state index contributed by atoms with van der Waals surface area (Å²) in [6.07, 6.45) is 3.52. The lowest BCUT2D eigenvalue weighted by Crippen LogP contribution is -2.02. The first kappa shape index (κ1) is 14.9. The molecule has 20 heavy (non-hydrogen) atoms. The van der Waals surface area contributed by atoms with Crippen molar-refractivity contribution < 1.29 is 4.39 Å². The molecule has 0 saturated carbocycles. The third-order valence-corrected chi connectivity index (χ3v) is 3.58. The normalized spacial score (nSPS) is 10.6. The van der Waals surface area contributed by atoms with Crippen molar-refractivity contribution in [1.29, 1.82) is 0 Å². The maximum Gasteiger partial charge on any atom is 0.146 e. The van der Waals surface area contributed by atoms with Crippen molar-refractivity contribution in [2.45, 2.75) is 32.7 Å². The van der Waals surface area contributed by atoms with E-state index in [0.717, 1.165) is 12.1 Å². The van der Waals surface area contributed by atoms with E-state index in [-0.39, 0.29) is 10.8 Å². The summed E-state index contributed by atoms with van der Waals surface area (Å²) in [6, 6.07) is 13.4. The molecule has 0 aromatic heterocycles. The number of aryl methyl sites for hydroxylation is 1. The highest BCUT2D eigenvalue weighted by Crippen LogP contribution is 2.19. The standard InChI is InChI=1S/C17H19ClFN/c1-2-3-5-13-8-10-15(11-9-13)20-12-14-6-4-7-16(18)17(14)19/h4,6-11,20H,2-3,5,12H2,1H3. The number of anilines is 1. The molecule has 0 atom stereocenters. The van der Waals surface area contributed by atoms with Crippen LogP contribution in [0.5, 0.6) is 0 Å². The van der Waals surface area contributed by atoms with Crippen LogP contribution < -0.4 is 5.32 Å². The van der Waals surface area contributed by atoms with Crippen molar-refractivity contribution in [2.75, 3.05) is 5.32 Å². The molecule has 1 N–H and O–H groups in total. The highest BCUT2D eigenvalue weighted by molar-refractivity contribution is 6.30. The summed E-state index contributed by atoms with van der Waals surface area (Å²) in [4.78, 5) is 0. The average molecular weight is 292 g/mol. The van der Waals surface area contributed by atoms with Gasteiger partial charge >= 0.3 is 0 Å².